The minimum Gasteiger partial charge on any atom is -0.478 e. The zero-order valence-corrected chi connectivity index (χ0v) is 14.5. The lowest BCUT2D eigenvalue weighted by atomic mass is 10.1. The van der Waals surface area contributed by atoms with Gasteiger partial charge in [-0.15, -0.1) is 0 Å². The van der Waals surface area contributed by atoms with Crippen molar-refractivity contribution in [3.05, 3.63) is 68.7 Å². The van der Waals surface area contributed by atoms with Crippen LogP contribution in [0, 0.1) is 0 Å². The van der Waals surface area contributed by atoms with Gasteiger partial charge >= 0.3 is 5.97 Å². The fourth-order valence-electron chi connectivity index (χ4n) is 1.87. The number of benzene rings is 2. The number of carboxylic acids is 1. The molecule has 118 valence electrons. The molecule has 2 aromatic carbocycles. The highest BCUT2D eigenvalue weighted by Crippen LogP contribution is 2.24. The van der Waals surface area contributed by atoms with Crippen LogP contribution in [-0.4, -0.2) is 17.0 Å². The smallest absolute Gasteiger partial charge is 0.335 e. The van der Waals surface area contributed by atoms with E-state index in [0.29, 0.717) is 5.57 Å². The molecule has 1 amide bonds. The second kappa shape index (κ2) is 7.44. The van der Waals surface area contributed by atoms with E-state index in [1.807, 2.05) is 24.3 Å². The van der Waals surface area contributed by atoms with Crippen LogP contribution in [0.3, 0.4) is 0 Å². The third kappa shape index (κ3) is 4.43. The van der Waals surface area contributed by atoms with E-state index in [-0.39, 0.29) is 22.2 Å². The van der Waals surface area contributed by atoms with E-state index in [2.05, 4.69) is 21.2 Å². The Morgan fingerprint density at radius 3 is 2.57 bits per heavy atom. The van der Waals surface area contributed by atoms with E-state index < -0.39 is 5.97 Å². The Labute approximate surface area is 146 Å². The van der Waals surface area contributed by atoms with Crippen molar-refractivity contribution in [3.8, 4) is 0 Å². The Morgan fingerprint density at radius 1 is 1.22 bits per heavy atom. The summed E-state index contributed by atoms with van der Waals surface area (Å²) in [5, 5.41) is 11.9. The van der Waals surface area contributed by atoms with Gasteiger partial charge in [0, 0.05) is 10.0 Å². The number of carboxylic acid groups (broad SMARTS) is 1. The number of halogens is 2. The van der Waals surface area contributed by atoms with E-state index in [9.17, 15) is 9.59 Å². The topological polar surface area (TPSA) is 66.4 Å². The summed E-state index contributed by atoms with van der Waals surface area (Å²) in [7, 11) is 0. The lowest BCUT2D eigenvalue weighted by molar-refractivity contribution is -0.112. The molecule has 0 aliphatic carbocycles. The van der Waals surface area contributed by atoms with Crippen LogP contribution in [0.5, 0.6) is 0 Å². The average molecular weight is 395 g/mol. The van der Waals surface area contributed by atoms with Gasteiger partial charge in [-0.2, -0.15) is 0 Å². The molecule has 2 rings (SSSR count). The molecule has 0 radical (unpaired) electrons. The van der Waals surface area contributed by atoms with Crippen molar-refractivity contribution in [1.82, 2.24) is 0 Å². The third-order valence-electron chi connectivity index (χ3n) is 3.10. The van der Waals surface area contributed by atoms with Gasteiger partial charge in [-0.25, -0.2) is 4.79 Å². The number of amides is 1. The molecule has 0 aliphatic heterocycles. The van der Waals surface area contributed by atoms with Crippen LogP contribution < -0.4 is 5.32 Å². The zero-order valence-electron chi connectivity index (χ0n) is 12.1. The van der Waals surface area contributed by atoms with Crippen molar-refractivity contribution in [2.45, 2.75) is 6.92 Å². The third-order valence-corrected chi connectivity index (χ3v) is 4.15. The predicted octanol–water partition coefficient (Wildman–Crippen LogP) is 4.84. The number of anilines is 1. The molecule has 0 heterocycles. The Kier molecular flexibility index (Phi) is 5.58. The molecule has 0 fully saturated rings. The first-order chi connectivity index (χ1) is 10.9. The highest BCUT2D eigenvalue weighted by Gasteiger charge is 2.11. The molecule has 0 saturated carbocycles. The quantitative estimate of drug-likeness (QED) is 0.729. The first kappa shape index (κ1) is 17.2. The maximum atomic E-state index is 12.3. The summed E-state index contributed by atoms with van der Waals surface area (Å²) >= 11 is 9.42. The number of hydrogen-bond acceptors (Lipinski definition) is 2. The van der Waals surface area contributed by atoms with Crippen molar-refractivity contribution < 1.29 is 14.7 Å². The second-order valence-corrected chi connectivity index (χ2v) is 6.06. The number of hydrogen-bond donors (Lipinski definition) is 2. The van der Waals surface area contributed by atoms with Crippen molar-refractivity contribution in [1.29, 1.82) is 0 Å². The zero-order chi connectivity index (χ0) is 17.0. The molecule has 6 heteroatoms. The van der Waals surface area contributed by atoms with Gasteiger partial charge in [-0.3, -0.25) is 4.79 Å². The molecule has 23 heavy (non-hydrogen) atoms. The summed E-state index contributed by atoms with van der Waals surface area (Å²) < 4.78 is 0.873. The number of carbonyl (C=O) groups is 2. The molecule has 2 N–H and O–H groups in total. The minimum atomic E-state index is -1.09. The average Bonchev–Trinajstić information content (AvgIpc) is 2.51. The minimum absolute atomic E-state index is 0.0529. The molecular weight excluding hydrogens is 382 g/mol. The van der Waals surface area contributed by atoms with Gasteiger partial charge in [0.05, 0.1) is 16.3 Å². The van der Waals surface area contributed by atoms with Gasteiger partial charge in [-0.05, 0) is 42.8 Å². The molecule has 0 unspecified atom stereocenters. The summed E-state index contributed by atoms with van der Waals surface area (Å²) in [6.07, 6.45) is 1.73. The summed E-state index contributed by atoms with van der Waals surface area (Å²) in [5.74, 6) is -1.44. The van der Waals surface area contributed by atoms with Crippen LogP contribution in [-0.2, 0) is 4.79 Å². The number of aromatic carboxylic acids is 1. The van der Waals surface area contributed by atoms with Gasteiger partial charge in [0.25, 0.3) is 5.91 Å². The summed E-state index contributed by atoms with van der Waals surface area (Å²) in [6.45, 7) is 1.67. The van der Waals surface area contributed by atoms with Crippen LogP contribution >= 0.6 is 27.5 Å². The maximum absolute atomic E-state index is 12.3. The lowest BCUT2D eigenvalue weighted by Crippen LogP contribution is -2.13. The molecule has 0 aliphatic rings. The largest absolute Gasteiger partial charge is 0.478 e. The lowest BCUT2D eigenvalue weighted by Gasteiger charge is -2.09. The van der Waals surface area contributed by atoms with Crippen molar-refractivity contribution >= 4 is 51.2 Å². The Hall–Kier alpha value is -2.11. The van der Waals surface area contributed by atoms with E-state index in [1.54, 1.807) is 13.0 Å². The SMILES string of the molecule is CC(=Cc1ccccc1Br)C(=O)Nc1cc(C(=O)O)ccc1Cl. The Bertz CT molecular complexity index is 802. The number of nitrogens with one attached hydrogen (secondary N) is 1. The molecule has 0 atom stereocenters. The Balaban J connectivity index is 2.23. The summed E-state index contributed by atoms with van der Waals surface area (Å²) in [6, 6.07) is 11.7. The van der Waals surface area contributed by atoms with Crippen LogP contribution in [0.15, 0.2) is 52.5 Å². The highest BCUT2D eigenvalue weighted by molar-refractivity contribution is 9.10. The molecule has 0 spiro atoms. The first-order valence-corrected chi connectivity index (χ1v) is 7.82. The monoisotopic (exact) mass is 393 g/mol. The van der Waals surface area contributed by atoms with E-state index >= 15 is 0 Å². The molecule has 0 aromatic heterocycles. The van der Waals surface area contributed by atoms with Crippen LogP contribution in [0.2, 0.25) is 5.02 Å². The van der Waals surface area contributed by atoms with E-state index in [0.717, 1.165) is 10.0 Å². The van der Waals surface area contributed by atoms with Gasteiger partial charge in [0.15, 0.2) is 0 Å². The fourth-order valence-corrected chi connectivity index (χ4v) is 2.43. The molecular formula is C17H13BrClNO3. The van der Waals surface area contributed by atoms with Crippen LogP contribution in [0.4, 0.5) is 5.69 Å². The molecule has 0 saturated heterocycles. The van der Waals surface area contributed by atoms with Crippen molar-refractivity contribution in [3.63, 3.8) is 0 Å². The van der Waals surface area contributed by atoms with Gasteiger partial charge < -0.3 is 10.4 Å². The molecule has 4 nitrogen and oxygen atoms in total. The van der Waals surface area contributed by atoms with Crippen LogP contribution in [0.25, 0.3) is 6.08 Å². The van der Waals surface area contributed by atoms with Crippen molar-refractivity contribution in [2.24, 2.45) is 0 Å². The number of carbonyl (C=O) groups excluding carboxylic acids is 1. The first-order valence-electron chi connectivity index (χ1n) is 6.65. The van der Waals surface area contributed by atoms with Gasteiger partial charge in [0.1, 0.15) is 0 Å². The predicted molar refractivity (Wildman–Crippen MR) is 94.8 cm³/mol. The standard InChI is InChI=1S/C17H13BrClNO3/c1-10(8-11-4-2-3-5-13(11)18)16(21)20-15-9-12(17(22)23)6-7-14(15)19/h2-9H,1H3,(H,20,21)(H,22,23). The maximum Gasteiger partial charge on any atom is 0.335 e. The molecule has 0 bridgehead atoms. The highest BCUT2D eigenvalue weighted by atomic mass is 79.9. The summed E-state index contributed by atoms with van der Waals surface area (Å²) in [5.41, 5.74) is 1.65. The second-order valence-electron chi connectivity index (χ2n) is 4.80. The van der Waals surface area contributed by atoms with Gasteiger partial charge in [-0.1, -0.05) is 45.7 Å². The van der Waals surface area contributed by atoms with E-state index in [4.69, 9.17) is 16.7 Å². The Morgan fingerprint density at radius 2 is 1.91 bits per heavy atom. The normalized spacial score (nSPS) is 11.2. The molecule has 2 aromatic rings. The number of rotatable bonds is 4. The van der Waals surface area contributed by atoms with Crippen LogP contribution in [0.1, 0.15) is 22.8 Å². The van der Waals surface area contributed by atoms with Gasteiger partial charge in [0.2, 0.25) is 0 Å². The van der Waals surface area contributed by atoms with E-state index in [1.165, 1.54) is 18.2 Å². The fraction of sp³-hybridized carbons (Fsp3) is 0.0588. The summed E-state index contributed by atoms with van der Waals surface area (Å²) in [4.78, 5) is 23.3. The van der Waals surface area contributed by atoms with Crippen molar-refractivity contribution in [2.75, 3.05) is 5.32 Å².